The van der Waals surface area contributed by atoms with Crippen LogP contribution < -0.4 is 27.0 Å². The van der Waals surface area contributed by atoms with E-state index in [1.807, 2.05) is 0 Å². The summed E-state index contributed by atoms with van der Waals surface area (Å²) in [7, 11) is 0. The van der Waals surface area contributed by atoms with Gasteiger partial charge in [0.2, 0.25) is 29.5 Å². The van der Waals surface area contributed by atoms with Crippen molar-refractivity contribution < 1.29 is 63.6 Å². The first kappa shape index (κ1) is 53.2. The van der Waals surface area contributed by atoms with E-state index in [9.17, 15) is 58.5 Å². The second-order valence-electron chi connectivity index (χ2n) is 15.0. The average molecular weight is 828 g/mol. The van der Waals surface area contributed by atoms with Gasteiger partial charge < -0.3 is 47.4 Å². The number of amides is 5. The molecular formula is C40H69N5O13. The predicted molar refractivity (Wildman–Crippen MR) is 213 cm³/mol. The topological polar surface area (TPSA) is 309 Å². The first-order chi connectivity index (χ1) is 27.5. The Morgan fingerprint density at radius 3 is 1.09 bits per heavy atom. The van der Waals surface area contributed by atoms with E-state index in [-0.39, 0.29) is 38.0 Å². The van der Waals surface area contributed by atoms with Crippen molar-refractivity contribution in [1.29, 1.82) is 0 Å². The Kier molecular flexibility index (Phi) is 30.5. The van der Waals surface area contributed by atoms with Crippen LogP contribution in [0.2, 0.25) is 0 Å². The molecule has 0 fully saturated rings. The highest BCUT2D eigenvalue weighted by Gasteiger charge is 2.26. The van der Waals surface area contributed by atoms with E-state index >= 15 is 0 Å². The van der Waals surface area contributed by atoms with Crippen LogP contribution in [0.1, 0.15) is 167 Å². The lowest BCUT2D eigenvalue weighted by molar-refractivity contribution is -0.144. The maximum absolute atomic E-state index is 12.5. The van der Waals surface area contributed by atoms with Gasteiger partial charge in [-0.2, -0.15) is 0 Å². The summed E-state index contributed by atoms with van der Waals surface area (Å²) in [4.78, 5) is 106. The molecule has 0 aliphatic carbocycles. The molecule has 18 heteroatoms. The number of nitrogens with two attached hydrogens (primary N) is 1. The second-order valence-corrected chi connectivity index (χ2v) is 15.0. The van der Waals surface area contributed by atoms with Crippen molar-refractivity contribution in [3.05, 3.63) is 0 Å². The number of carbonyl (C=O) groups is 9. The van der Waals surface area contributed by atoms with Crippen molar-refractivity contribution in [2.75, 3.05) is 6.54 Å². The number of unbranched alkanes of at least 4 members (excludes halogenated alkanes) is 14. The van der Waals surface area contributed by atoms with Gasteiger partial charge in [0.05, 0.1) is 0 Å². The molecule has 58 heavy (non-hydrogen) atoms. The molecule has 0 bridgehead atoms. The van der Waals surface area contributed by atoms with Crippen molar-refractivity contribution in [1.82, 2.24) is 21.3 Å². The molecule has 0 saturated heterocycles. The Morgan fingerprint density at radius 1 is 0.414 bits per heavy atom. The molecule has 5 amide bonds. The summed E-state index contributed by atoms with van der Waals surface area (Å²) in [6.07, 6.45) is 14.5. The van der Waals surface area contributed by atoms with Crippen LogP contribution in [0.4, 0.5) is 0 Å². The molecule has 0 rings (SSSR count). The van der Waals surface area contributed by atoms with E-state index in [0.29, 0.717) is 32.2 Å². The molecular weight excluding hydrogens is 758 g/mol. The van der Waals surface area contributed by atoms with Crippen molar-refractivity contribution in [3.63, 3.8) is 0 Å². The van der Waals surface area contributed by atoms with E-state index in [4.69, 9.17) is 10.8 Å². The number of hydrogen-bond acceptors (Lipinski definition) is 9. The van der Waals surface area contributed by atoms with Crippen LogP contribution in [-0.4, -0.2) is 98.5 Å². The smallest absolute Gasteiger partial charge is 0.326 e. The third-order valence-corrected chi connectivity index (χ3v) is 9.80. The van der Waals surface area contributed by atoms with E-state index < -0.39 is 90.8 Å². The summed E-state index contributed by atoms with van der Waals surface area (Å²) in [6.45, 7) is 2.02. The van der Waals surface area contributed by atoms with E-state index in [2.05, 4.69) is 21.3 Å². The van der Waals surface area contributed by atoms with E-state index in [0.717, 1.165) is 57.8 Å². The Bertz CT molecular complexity index is 1300. The highest BCUT2D eigenvalue weighted by molar-refractivity contribution is 5.87. The Labute approximate surface area is 341 Å². The van der Waals surface area contributed by atoms with Crippen LogP contribution in [0.3, 0.4) is 0 Å². The van der Waals surface area contributed by atoms with Gasteiger partial charge in [0.1, 0.15) is 18.1 Å². The van der Waals surface area contributed by atoms with Crippen LogP contribution in [-0.2, 0) is 43.2 Å². The van der Waals surface area contributed by atoms with Crippen LogP contribution >= 0.6 is 0 Å². The normalized spacial score (nSPS) is 13.0. The molecule has 0 radical (unpaired) electrons. The van der Waals surface area contributed by atoms with Gasteiger partial charge in [0.15, 0.2) is 0 Å². The highest BCUT2D eigenvalue weighted by Crippen LogP contribution is 2.14. The molecule has 0 aromatic rings. The van der Waals surface area contributed by atoms with Crippen molar-refractivity contribution in [2.24, 2.45) is 11.7 Å². The standard InChI is InChI=1S/C40H69N5O13/c1-28(37(41)52)18-16-17-27-42-32(46)24-21-29(38(53)54)44-34(48)26-23-31(40(57)58)45-35(49)25-22-30(39(55)56)43-33(47)19-14-12-10-8-6-4-2-3-5-7-9-11-13-15-20-36(50)51/h28-31H,2-27H2,1H3,(H2,41,52)(H,42,46)(H,43,47)(H,44,48)(H,45,49)(H,50,51)(H,53,54)(H,55,56)(H,57,58)/t28?,29?,30-,31+/m0/s1. The van der Waals surface area contributed by atoms with Crippen LogP contribution in [0.5, 0.6) is 0 Å². The van der Waals surface area contributed by atoms with Gasteiger partial charge in [0.25, 0.3) is 0 Å². The number of hydrogen-bond donors (Lipinski definition) is 9. The second kappa shape index (κ2) is 33.2. The fraction of sp³-hybridized carbons (Fsp3) is 0.775. The summed E-state index contributed by atoms with van der Waals surface area (Å²) in [6, 6.07) is -4.32. The first-order valence-corrected chi connectivity index (χ1v) is 20.9. The molecule has 0 heterocycles. The summed E-state index contributed by atoms with van der Waals surface area (Å²) >= 11 is 0. The lowest BCUT2D eigenvalue weighted by Gasteiger charge is -2.18. The third kappa shape index (κ3) is 30.4. The van der Waals surface area contributed by atoms with Gasteiger partial charge in [0, 0.05) is 44.6 Å². The summed E-state index contributed by atoms with van der Waals surface area (Å²) < 4.78 is 0. The predicted octanol–water partition coefficient (Wildman–Crippen LogP) is 3.77. The minimum Gasteiger partial charge on any atom is -0.481 e. The Balaban J connectivity index is 4.35. The quantitative estimate of drug-likeness (QED) is 0.0401. The third-order valence-electron chi connectivity index (χ3n) is 9.80. The maximum atomic E-state index is 12.5. The van der Waals surface area contributed by atoms with E-state index in [1.54, 1.807) is 6.92 Å². The van der Waals surface area contributed by atoms with Crippen LogP contribution in [0.15, 0.2) is 0 Å². The van der Waals surface area contributed by atoms with Crippen molar-refractivity contribution >= 4 is 53.4 Å². The van der Waals surface area contributed by atoms with Gasteiger partial charge in [-0.1, -0.05) is 90.4 Å². The minimum absolute atomic E-state index is 0.131. The molecule has 0 aromatic carbocycles. The molecule has 4 atom stereocenters. The van der Waals surface area contributed by atoms with E-state index in [1.165, 1.54) is 25.7 Å². The fourth-order valence-corrected chi connectivity index (χ4v) is 6.12. The SMILES string of the molecule is CC(CCCCNC(=O)CCC(NC(=O)CC[C@@H](NC(=O)CC[C@H](NC(=O)CCCCCCCCCCCCCCCCC(=O)O)C(=O)O)C(=O)O)C(=O)O)C(N)=O. The zero-order valence-corrected chi connectivity index (χ0v) is 34.2. The Hall–Kier alpha value is -4.77. The summed E-state index contributed by atoms with van der Waals surface area (Å²) in [5.41, 5.74) is 5.21. The number of rotatable bonds is 38. The molecule has 0 aromatic heterocycles. The number of nitrogens with one attached hydrogen (secondary N) is 4. The lowest BCUT2D eigenvalue weighted by atomic mass is 10.0. The highest BCUT2D eigenvalue weighted by atomic mass is 16.4. The monoisotopic (exact) mass is 827 g/mol. The molecule has 0 aliphatic heterocycles. The van der Waals surface area contributed by atoms with Gasteiger partial charge in [-0.15, -0.1) is 0 Å². The minimum atomic E-state index is -1.53. The van der Waals surface area contributed by atoms with Gasteiger partial charge >= 0.3 is 23.9 Å². The summed E-state index contributed by atoms with van der Waals surface area (Å²) in [5.74, 6) is -8.15. The lowest BCUT2D eigenvalue weighted by Crippen LogP contribution is -2.45. The average Bonchev–Trinajstić information content (AvgIpc) is 3.15. The molecule has 0 saturated carbocycles. The number of primary amides is 1. The van der Waals surface area contributed by atoms with Crippen LogP contribution in [0, 0.1) is 5.92 Å². The summed E-state index contributed by atoms with van der Waals surface area (Å²) in [5, 5.41) is 46.8. The zero-order valence-electron chi connectivity index (χ0n) is 34.2. The largest absolute Gasteiger partial charge is 0.481 e. The molecule has 0 aliphatic rings. The number of carboxylic acids is 4. The molecule has 332 valence electrons. The maximum Gasteiger partial charge on any atom is 0.326 e. The van der Waals surface area contributed by atoms with Crippen molar-refractivity contribution in [3.8, 4) is 0 Å². The first-order valence-electron chi connectivity index (χ1n) is 20.9. The number of carbonyl (C=O) groups excluding carboxylic acids is 5. The molecule has 10 N–H and O–H groups in total. The van der Waals surface area contributed by atoms with Crippen LogP contribution in [0.25, 0.3) is 0 Å². The van der Waals surface area contributed by atoms with Gasteiger partial charge in [-0.25, -0.2) is 14.4 Å². The Morgan fingerprint density at radius 2 is 0.741 bits per heavy atom. The number of carboxylic acid groups (broad SMARTS) is 4. The van der Waals surface area contributed by atoms with Crippen molar-refractivity contribution in [2.45, 2.75) is 186 Å². The van der Waals surface area contributed by atoms with Gasteiger partial charge in [-0.05, 0) is 44.9 Å². The number of aliphatic carboxylic acids is 4. The molecule has 2 unspecified atom stereocenters. The fourth-order valence-electron chi connectivity index (χ4n) is 6.12. The van der Waals surface area contributed by atoms with Gasteiger partial charge in [-0.3, -0.25) is 28.8 Å². The zero-order chi connectivity index (χ0) is 43.7. The molecule has 18 nitrogen and oxygen atoms in total. The molecule has 0 spiro atoms.